The molecule has 3 heteroatoms. The molecule has 1 saturated heterocycles. The summed E-state index contributed by atoms with van der Waals surface area (Å²) in [7, 11) is 0. The van der Waals surface area contributed by atoms with Crippen LogP contribution in [0.1, 0.15) is 30.9 Å². The molecule has 0 aliphatic carbocycles. The van der Waals surface area contributed by atoms with Gasteiger partial charge in [0.25, 0.3) is 0 Å². The fraction of sp³-hybridized carbons (Fsp3) is 0.533. The quantitative estimate of drug-likeness (QED) is 0.850. The summed E-state index contributed by atoms with van der Waals surface area (Å²) in [6, 6.07) is 8.11. The lowest BCUT2D eigenvalue weighted by molar-refractivity contribution is -0.120. The van der Waals surface area contributed by atoms with E-state index in [1.807, 2.05) is 25.1 Å². The van der Waals surface area contributed by atoms with E-state index in [0.717, 1.165) is 25.1 Å². The SMILES string of the molecule is Cc1cccc(CC(=O)NCC2(C)CCCN2)c1. The van der Waals surface area contributed by atoms with Gasteiger partial charge < -0.3 is 10.6 Å². The number of aryl methyl sites for hydroxylation is 1. The van der Waals surface area contributed by atoms with Crippen molar-refractivity contribution in [2.75, 3.05) is 13.1 Å². The van der Waals surface area contributed by atoms with Crippen LogP contribution in [0.2, 0.25) is 0 Å². The predicted octanol–water partition coefficient (Wildman–Crippen LogP) is 1.80. The van der Waals surface area contributed by atoms with Crippen molar-refractivity contribution in [3.8, 4) is 0 Å². The van der Waals surface area contributed by atoms with Crippen molar-refractivity contribution in [3.63, 3.8) is 0 Å². The molecule has 1 heterocycles. The standard InChI is InChI=1S/C15H22N2O/c1-12-5-3-6-13(9-12)10-14(18)16-11-15(2)7-4-8-17-15/h3,5-6,9,17H,4,7-8,10-11H2,1-2H3,(H,16,18). The van der Waals surface area contributed by atoms with Crippen LogP contribution in [-0.2, 0) is 11.2 Å². The zero-order chi connectivity index (χ0) is 13.0. The summed E-state index contributed by atoms with van der Waals surface area (Å²) >= 11 is 0. The molecule has 1 aliphatic rings. The van der Waals surface area contributed by atoms with Gasteiger partial charge in [-0.15, -0.1) is 0 Å². The van der Waals surface area contributed by atoms with E-state index >= 15 is 0 Å². The fourth-order valence-electron chi connectivity index (χ4n) is 2.47. The van der Waals surface area contributed by atoms with Gasteiger partial charge in [-0.25, -0.2) is 0 Å². The minimum Gasteiger partial charge on any atom is -0.354 e. The summed E-state index contributed by atoms with van der Waals surface area (Å²) in [5.74, 6) is 0.107. The van der Waals surface area contributed by atoms with E-state index in [4.69, 9.17) is 0 Å². The van der Waals surface area contributed by atoms with Crippen molar-refractivity contribution in [2.24, 2.45) is 0 Å². The lowest BCUT2D eigenvalue weighted by Crippen LogP contribution is -2.47. The molecule has 1 amide bonds. The van der Waals surface area contributed by atoms with E-state index in [0.29, 0.717) is 6.42 Å². The molecule has 3 nitrogen and oxygen atoms in total. The highest BCUT2D eigenvalue weighted by molar-refractivity contribution is 5.78. The van der Waals surface area contributed by atoms with Crippen molar-refractivity contribution >= 4 is 5.91 Å². The number of carbonyl (C=O) groups is 1. The second-order valence-corrected chi connectivity index (χ2v) is 5.53. The summed E-state index contributed by atoms with van der Waals surface area (Å²) in [6.45, 7) is 6.00. The van der Waals surface area contributed by atoms with E-state index in [-0.39, 0.29) is 11.4 Å². The van der Waals surface area contributed by atoms with Crippen molar-refractivity contribution in [3.05, 3.63) is 35.4 Å². The number of rotatable bonds is 4. The lowest BCUT2D eigenvalue weighted by atomic mass is 10.0. The van der Waals surface area contributed by atoms with Crippen LogP contribution in [0.3, 0.4) is 0 Å². The Kier molecular flexibility index (Phi) is 4.02. The molecule has 1 fully saturated rings. The van der Waals surface area contributed by atoms with Gasteiger partial charge in [-0.3, -0.25) is 4.79 Å². The van der Waals surface area contributed by atoms with Crippen molar-refractivity contribution in [1.82, 2.24) is 10.6 Å². The first kappa shape index (κ1) is 13.1. The van der Waals surface area contributed by atoms with Crippen molar-refractivity contribution in [1.29, 1.82) is 0 Å². The summed E-state index contributed by atoms with van der Waals surface area (Å²) in [6.07, 6.45) is 2.81. The zero-order valence-corrected chi connectivity index (χ0v) is 11.3. The van der Waals surface area contributed by atoms with Gasteiger partial charge in [-0.05, 0) is 38.8 Å². The molecule has 1 atom stereocenters. The Bertz CT molecular complexity index is 422. The van der Waals surface area contributed by atoms with Gasteiger partial charge >= 0.3 is 0 Å². The predicted molar refractivity (Wildman–Crippen MR) is 73.5 cm³/mol. The van der Waals surface area contributed by atoms with Gasteiger partial charge in [0.05, 0.1) is 6.42 Å². The molecule has 2 N–H and O–H groups in total. The average molecular weight is 246 g/mol. The minimum atomic E-state index is 0.0856. The number of nitrogens with one attached hydrogen (secondary N) is 2. The maximum absolute atomic E-state index is 11.9. The normalized spacial score (nSPS) is 23.0. The first-order valence-electron chi connectivity index (χ1n) is 6.65. The number of hydrogen-bond donors (Lipinski definition) is 2. The molecule has 0 saturated carbocycles. The van der Waals surface area contributed by atoms with E-state index in [1.54, 1.807) is 0 Å². The van der Waals surface area contributed by atoms with E-state index in [1.165, 1.54) is 12.0 Å². The van der Waals surface area contributed by atoms with Gasteiger partial charge in [-0.2, -0.15) is 0 Å². The van der Waals surface area contributed by atoms with Crippen LogP contribution < -0.4 is 10.6 Å². The molecule has 1 unspecified atom stereocenters. The third kappa shape index (κ3) is 3.57. The van der Waals surface area contributed by atoms with Crippen LogP contribution in [-0.4, -0.2) is 24.5 Å². The number of carbonyl (C=O) groups excluding carboxylic acids is 1. The fourth-order valence-corrected chi connectivity index (χ4v) is 2.47. The van der Waals surface area contributed by atoms with Crippen LogP contribution in [0.25, 0.3) is 0 Å². The Balaban J connectivity index is 1.82. The summed E-state index contributed by atoms with van der Waals surface area (Å²) in [4.78, 5) is 11.9. The number of amides is 1. The monoisotopic (exact) mass is 246 g/mol. The molecule has 0 aromatic heterocycles. The van der Waals surface area contributed by atoms with Gasteiger partial charge in [0.15, 0.2) is 0 Å². The van der Waals surface area contributed by atoms with Gasteiger partial charge in [0.2, 0.25) is 5.91 Å². The maximum atomic E-state index is 11.9. The molecule has 1 aromatic carbocycles. The maximum Gasteiger partial charge on any atom is 0.224 e. The number of hydrogen-bond acceptors (Lipinski definition) is 2. The molecule has 0 spiro atoms. The summed E-state index contributed by atoms with van der Waals surface area (Å²) in [5.41, 5.74) is 2.36. The summed E-state index contributed by atoms with van der Waals surface area (Å²) in [5, 5.41) is 6.48. The average Bonchev–Trinajstić information content (AvgIpc) is 2.74. The van der Waals surface area contributed by atoms with Gasteiger partial charge in [0.1, 0.15) is 0 Å². The van der Waals surface area contributed by atoms with Crippen LogP contribution in [0.5, 0.6) is 0 Å². The minimum absolute atomic E-state index is 0.0856. The Morgan fingerprint density at radius 3 is 3.00 bits per heavy atom. The van der Waals surface area contributed by atoms with Gasteiger partial charge in [0, 0.05) is 12.1 Å². The first-order valence-corrected chi connectivity index (χ1v) is 6.65. The molecule has 2 rings (SSSR count). The highest BCUT2D eigenvalue weighted by atomic mass is 16.1. The highest BCUT2D eigenvalue weighted by Gasteiger charge is 2.27. The summed E-state index contributed by atoms with van der Waals surface area (Å²) < 4.78 is 0. The van der Waals surface area contributed by atoms with Crippen LogP contribution >= 0.6 is 0 Å². The topological polar surface area (TPSA) is 41.1 Å². The Labute approximate surface area is 109 Å². The van der Waals surface area contributed by atoms with Crippen LogP contribution in [0, 0.1) is 6.92 Å². The third-order valence-corrected chi connectivity index (χ3v) is 3.58. The molecule has 18 heavy (non-hydrogen) atoms. The Morgan fingerprint density at radius 2 is 2.33 bits per heavy atom. The highest BCUT2D eigenvalue weighted by Crippen LogP contribution is 2.17. The molecule has 98 valence electrons. The second kappa shape index (κ2) is 5.53. The smallest absolute Gasteiger partial charge is 0.224 e. The second-order valence-electron chi connectivity index (χ2n) is 5.53. The van der Waals surface area contributed by atoms with Crippen molar-refractivity contribution in [2.45, 2.75) is 38.6 Å². The van der Waals surface area contributed by atoms with E-state index < -0.39 is 0 Å². The molecular formula is C15H22N2O. The van der Waals surface area contributed by atoms with E-state index in [9.17, 15) is 4.79 Å². The number of benzene rings is 1. The van der Waals surface area contributed by atoms with Gasteiger partial charge in [-0.1, -0.05) is 29.8 Å². The van der Waals surface area contributed by atoms with Crippen molar-refractivity contribution < 1.29 is 4.79 Å². The zero-order valence-electron chi connectivity index (χ0n) is 11.3. The molecule has 0 bridgehead atoms. The largest absolute Gasteiger partial charge is 0.354 e. The first-order chi connectivity index (χ1) is 8.57. The Morgan fingerprint density at radius 1 is 1.50 bits per heavy atom. The Hall–Kier alpha value is -1.35. The molecule has 1 aliphatic heterocycles. The van der Waals surface area contributed by atoms with E-state index in [2.05, 4.69) is 23.6 Å². The van der Waals surface area contributed by atoms with Crippen LogP contribution in [0.4, 0.5) is 0 Å². The lowest BCUT2D eigenvalue weighted by Gasteiger charge is -2.24. The third-order valence-electron chi connectivity index (χ3n) is 3.58. The molecular weight excluding hydrogens is 224 g/mol. The molecule has 0 radical (unpaired) electrons. The van der Waals surface area contributed by atoms with Crippen LogP contribution in [0.15, 0.2) is 24.3 Å². The molecule has 1 aromatic rings.